The highest BCUT2D eigenvalue weighted by atomic mass is 16.2. The summed E-state index contributed by atoms with van der Waals surface area (Å²) in [5, 5.41) is 11.2. The van der Waals surface area contributed by atoms with Gasteiger partial charge in [0.05, 0.1) is 12.5 Å². The fraction of sp³-hybridized carbons (Fsp3) is 0.333. The Kier molecular flexibility index (Phi) is 4.49. The number of benzene rings is 1. The van der Waals surface area contributed by atoms with Crippen LogP contribution in [-0.4, -0.2) is 11.9 Å². The SMILES string of the molecule is CC(CC#N)NC(=O)[C@H](N)c1ccccc1. The molecule has 0 saturated heterocycles. The molecule has 0 spiro atoms. The van der Waals surface area contributed by atoms with Gasteiger partial charge in [-0.05, 0) is 12.5 Å². The second-order valence-corrected chi connectivity index (χ2v) is 3.66. The van der Waals surface area contributed by atoms with Gasteiger partial charge in [-0.1, -0.05) is 30.3 Å². The van der Waals surface area contributed by atoms with Crippen molar-refractivity contribution in [2.75, 3.05) is 0 Å². The minimum absolute atomic E-state index is 0.174. The maximum Gasteiger partial charge on any atom is 0.241 e. The second kappa shape index (κ2) is 5.89. The third-order valence-corrected chi connectivity index (χ3v) is 2.23. The van der Waals surface area contributed by atoms with Crippen LogP contribution in [0.15, 0.2) is 30.3 Å². The summed E-state index contributed by atoms with van der Waals surface area (Å²) in [6.07, 6.45) is 0.285. The minimum Gasteiger partial charge on any atom is -0.351 e. The Hall–Kier alpha value is -1.86. The van der Waals surface area contributed by atoms with Crippen LogP contribution in [0.5, 0.6) is 0 Å². The number of nitrogens with two attached hydrogens (primary N) is 1. The summed E-state index contributed by atoms with van der Waals surface area (Å²) in [6.45, 7) is 1.78. The first kappa shape index (κ1) is 12.2. The summed E-state index contributed by atoms with van der Waals surface area (Å²) in [6, 6.07) is 10.3. The molecule has 3 N–H and O–H groups in total. The van der Waals surface area contributed by atoms with Crippen LogP contribution in [0.3, 0.4) is 0 Å². The van der Waals surface area contributed by atoms with Crippen molar-refractivity contribution in [2.24, 2.45) is 5.73 Å². The van der Waals surface area contributed by atoms with Crippen molar-refractivity contribution in [3.05, 3.63) is 35.9 Å². The molecule has 1 amide bonds. The van der Waals surface area contributed by atoms with Crippen LogP contribution in [0, 0.1) is 11.3 Å². The van der Waals surface area contributed by atoms with Gasteiger partial charge in [-0.3, -0.25) is 4.79 Å². The summed E-state index contributed by atoms with van der Waals surface area (Å²) >= 11 is 0. The van der Waals surface area contributed by atoms with Gasteiger partial charge in [0.2, 0.25) is 5.91 Å². The zero-order chi connectivity index (χ0) is 12.0. The first-order valence-electron chi connectivity index (χ1n) is 5.13. The number of carbonyl (C=O) groups excluding carboxylic acids is 1. The molecule has 0 aliphatic heterocycles. The Balaban J connectivity index is 2.59. The molecule has 0 aromatic heterocycles. The van der Waals surface area contributed by atoms with Gasteiger partial charge in [0.25, 0.3) is 0 Å². The molecule has 1 aromatic carbocycles. The van der Waals surface area contributed by atoms with Crippen LogP contribution in [0.1, 0.15) is 24.9 Å². The molecule has 0 aliphatic carbocycles. The van der Waals surface area contributed by atoms with E-state index in [4.69, 9.17) is 11.0 Å². The molecule has 16 heavy (non-hydrogen) atoms. The second-order valence-electron chi connectivity index (χ2n) is 3.66. The Morgan fingerprint density at radius 3 is 2.69 bits per heavy atom. The molecule has 1 unspecified atom stereocenters. The molecule has 1 rings (SSSR count). The summed E-state index contributed by atoms with van der Waals surface area (Å²) in [5.41, 5.74) is 6.56. The van der Waals surface area contributed by atoms with Gasteiger partial charge in [-0.25, -0.2) is 0 Å². The number of hydrogen-bond donors (Lipinski definition) is 2. The van der Waals surface area contributed by atoms with Gasteiger partial charge < -0.3 is 11.1 Å². The number of amides is 1. The zero-order valence-electron chi connectivity index (χ0n) is 9.18. The van der Waals surface area contributed by atoms with Crippen LogP contribution in [0.4, 0.5) is 0 Å². The maximum absolute atomic E-state index is 11.7. The molecule has 1 aromatic rings. The monoisotopic (exact) mass is 217 g/mol. The van der Waals surface area contributed by atoms with Crippen molar-refractivity contribution in [3.63, 3.8) is 0 Å². The van der Waals surface area contributed by atoms with Gasteiger partial charge in [-0.2, -0.15) is 5.26 Å². The molecule has 0 saturated carbocycles. The maximum atomic E-state index is 11.7. The minimum atomic E-state index is -0.678. The Labute approximate surface area is 95.1 Å². The van der Waals surface area contributed by atoms with E-state index in [0.29, 0.717) is 0 Å². The van der Waals surface area contributed by atoms with Crippen LogP contribution in [0.2, 0.25) is 0 Å². The van der Waals surface area contributed by atoms with Crippen molar-refractivity contribution in [3.8, 4) is 6.07 Å². The molecule has 4 nitrogen and oxygen atoms in total. The highest BCUT2D eigenvalue weighted by Crippen LogP contribution is 2.09. The number of rotatable bonds is 4. The van der Waals surface area contributed by atoms with Gasteiger partial charge in [0, 0.05) is 6.04 Å². The van der Waals surface area contributed by atoms with Crippen LogP contribution in [-0.2, 0) is 4.79 Å². The van der Waals surface area contributed by atoms with E-state index in [9.17, 15) is 4.79 Å². The van der Waals surface area contributed by atoms with Gasteiger partial charge in [0.15, 0.2) is 0 Å². The lowest BCUT2D eigenvalue weighted by atomic mass is 10.1. The Morgan fingerprint density at radius 1 is 1.50 bits per heavy atom. The highest BCUT2D eigenvalue weighted by molar-refractivity contribution is 5.83. The predicted molar refractivity (Wildman–Crippen MR) is 61.2 cm³/mol. The summed E-state index contributed by atoms with van der Waals surface area (Å²) < 4.78 is 0. The van der Waals surface area contributed by atoms with E-state index in [0.717, 1.165) is 5.56 Å². The molecule has 0 bridgehead atoms. The van der Waals surface area contributed by atoms with E-state index in [1.807, 2.05) is 24.3 Å². The number of carbonyl (C=O) groups is 1. The Bertz CT molecular complexity index is 383. The smallest absolute Gasteiger partial charge is 0.241 e. The van der Waals surface area contributed by atoms with Gasteiger partial charge in [0.1, 0.15) is 6.04 Å². The molecule has 0 radical (unpaired) electrons. The van der Waals surface area contributed by atoms with Crippen molar-refractivity contribution in [2.45, 2.75) is 25.4 Å². The zero-order valence-corrected chi connectivity index (χ0v) is 9.18. The van der Waals surface area contributed by atoms with Crippen LogP contribution in [0.25, 0.3) is 0 Å². The molecule has 2 atom stereocenters. The van der Waals surface area contributed by atoms with Crippen molar-refractivity contribution in [1.82, 2.24) is 5.32 Å². The van der Waals surface area contributed by atoms with E-state index in [-0.39, 0.29) is 18.4 Å². The lowest BCUT2D eigenvalue weighted by Crippen LogP contribution is -2.39. The lowest BCUT2D eigenvalue weighted by molar-refractivity contribution is -0.123. The molecule has 84 valence electrons. The highest BCUT2D eigenvalue weighted by Gasteiger charge is 2.16. The third kappa shape index (κ3) is 3.37. The standard InChI is InChI=1S/C12H15N3O/c1-9(7-8-13)15-12(16)11(14)10-5-3-2-4-6-10/h2-6,9,11H,7,14H2,1H3,(H,15,16)/t9?,11-/m1/s1. The summed E-state index contributed by atoms with van der Waals surface area (Å²) in [7, 11) is 0. The van der Waals surface area contributed by atoms with Gasteiger partial charge in [-0.15, -0.1) is 0 Å². The predicted octanol–water partition coefficient (Wildman–Crippen LogP) is 1.10. The fourth-order valence-electron chi connectivity index (χ4n) is 1.33. The molecule has 0 fully saturated rings. The fourth-order valence-corrected chi connectivity index (χ4v) is 1.33. The Morgan fingerprint density at radius 2 is 2.12 bits per heavy atom. The number of hydrogen-bond acceptors (Lipinski definition) is 3. The summed E-state index contributed by atoms with van der Waals surface area (Å²) in [5.74, 6) is -0.256. The van der Waals surface area contributed by atoms with Crippen molar-refractivity contribution < 1.29 is 4.79 Å². The quantitative estimate of drug-likeness (QED) is 0.792. The topological polar surface area (TPSA) is 78.9 Å². The molecular weight excluding hydrogens is 202 g/mol. The van der Waals surface area contributed by atoms with Crippen molar-refractivity contribution >= 4 is 5.91 Å². The molecule has 0 heterocycles. The number of nitriles is 1. The van der Waals surface area contributed by atoms with E-state index < -0.39 is 6.04 Å². The van der Waals surface area contributed by atoms with E-state index in [2.05, 4.69) is 5.32 Å². The first-order chi connectivity index (χ1) is 7.65. The van der Waals surface area contributed by atoms with Crippen molar-refractivity contribution in [1.29, 1.82) is 5.26 Å². The number of nitrogens with zero attached hydrogens (tertiary/aromatic N) is 1. The third-order valence-electron chi connectivity index (χ3n) is 2.23. The average Bonchev–Trinajstić information content (AvgIpc) is 2.29. The largest absolute Gasteiger partial charge is 0.351 e. The molecule has 4 heteroatoms. The lowest BCUT2D eigenvalue weighted by Gasteiger charge is -2.15. The molecular formula is C12H15N3O. The van der Waals surface area contributed by atoms with Crippen LogP contribution >= 0.6 is 0 Å². The van der Waals surface area contributed by atoms with Crippen LogP contribution < -0.4 is 11.1 Å². The van der Waals surface area contributed by atoms with E-state index >= 15 is 0 Å². The first-order valence-corrected chi connectivity index (χ1v) is 5.13. The van der Waals surface area contributed by atoms with Gasteiger partial charge >= 0.3 is 0 Å². The normalized spacial score (nSPS) is 13.6. The summed E-state index contributed by atoms with van der Waals surface area (Å²) in [4.78, 5) is 11.7. The molecule has 0 aliphatic rings. The average molecular weight is 217 g/mol. The number of nitrogens with one attached hydrogen (secondary N) is 1. The van der Waals surface area contributed by atoms with E-state index in [1.165, 1.54) is 0 Å². The van der Waals surface area contributed by atoms with E-state index in [1.54, 1.807) is 19.1 Å².